The second-order valence-electron chi connectivity index (χ2n) is 9.02. The standard InChI is InChI=1S/C20H26N5O15P3/c1-11-9-25(20(28)22-19(11)27)17-8-15(38-18(26)7-13-5-3-4-6-14(13)12(2)23-24-21)16(37-17)10-36-42(32,33)40-43(34,35)39-41(29,30)31/h3-6,9,12,15-17H,7-8,10H2,1-2H3,(H,32,33)(H,34,35)(H,22,27,28)(H2,29,30,31)/t12?,15-,16-,17-/m1/s1. The smallest absolute Gasteiger partial charge is 0.459 e. The molecule has 2 aromatic rings. The molecule has 23 heteroatoms. The molecule has 0 amide bonds. The van der Waals surface area contributed by atoms with Gasteiger partial charge in [-0.25, -0.2) is 18.5 Å². The van der Waals surface area contributed by atoms with E-state index < -0.39 is 71.8 Å². The van der Waals surface area contributed by atoms with Gasteiger partial charge in [0, 0.05) is 23.1 Å². The quantitative estimate of drug-likeness (QED) is 0.0670. The van der Waals surface area contributed by atoms with E-state index >= 15 is 0 Å². The van der Waals surface area contributed by atoms with E-state index in [0.29, 0.717) is 11.1 Å². The van der Waals surface area contributed by atoms with Gasteiger partial charge in [0.2, 0.25) is 0 Å². The maximum atomic E-state index is 12.9. The first kappa shape index (κ1) is 34.5. The number of aromatic amines is 1. The summed E-state index contributed by atoms with van der Waals surface area (Å²) in [6, 6.07) is 5.93. The van der Waals surface area contributed by atoms with Crippen molar-refractivity contribution in [2.75, 3.05) is 6.61 Å². The summed E-state index contributed by atoms with van der Waals surface area (Å²) in [5, 5.41) is 3.62. The lowest BCUT2D eigenvalue weighted by atomic mass is 9.99. The van der Waals surface area contributed by atoms with Crippen LogP contribution in [0.15, 0.2) is 45.2 Å². The molecule has 5 N–H and O–H groups in total. The first-order valence-electron chi connectivity index (χ1n) is 12.0. The molecule has 1 aliphatic rings. The van der Waals surface area contributed by atoms with E-state index in [9.17, 15) is 37.9 Å². The van der Waals surface area contributed by atoms with Crippen LogP contribution in [0.4, 0.5) is 0 Å². The maximum absolute atomic E-state index is 12.9. The maximum Gasteiger partial charge on any atom is 0.490 e. The van der Waals surface area contributed by atoms with Crippen LogP contribution in [0.3, 0.4) is 0 Å². The predicted octanol–water partition coefficient (Wildman–Crippen LogP) is 2.00. The van der Waals surface area contributed by atoms with Gasteiger partial charge in [-0.1, -0.05) is 36.3 Å². The van der Waals surface area contributed by atoms with Gasteiger partial charge in [-0.05, 0) is 23.6 Å². The van der Waals surface area contributed by atoms with Gasteiger partial charge in [-0.3, -0.25) is 23.7 Å². The second kappa shape index (κ2) is 13.8. The third-order valence-corrected chi connectivity index (χ3v) is 9.60. The minimum atomic E-state index is -5.81. The van der Waals surface area contributed by atoms with Crippen LogP contribution in [0.1, 0.15) is 42.3 Å². The minimum Gasteiger partial charge on any atom is -0.459 e. The fourth-order valence-electron chi connectivity index (χ4n) is 4.02. The largest absolute Gasteiger partial charge is 0.490 e. The summed E-state index contributed by atoms with van der Waals surface area (Å²) in [7, 11) is -17.0. The van der Waals surface area contributed by atoms with Crippen molar-refractivity contribution >= 4 is 29.4 Å². The molecule has 1 aromatic carbocycles. The Bertz CT molecular complexity index is 1670. The fourth-order valence-corrected chi connectivity index (χ4v) is 7.05. The zero-order valence-electron chi connectivity index (χ0n) is 22.2. The molecule has 0 bridgehead atoms. The summed E-state index contributed by atoms with van der Waals surface area (Å²) in [5.41, 5.74) is 8.33. The molecule has 3 unspecified atom stereocenters. The highest BCUT2D eigenvalue weighted by Gasteiger charge is 2.44. The van der Waals surface area contributed by atoms with E-state index in [2.05, 4.69) is 28.2 Å². The number of aryl methyl sites for hydroxylation is 1. The Kier molecular flexibility index (Phi) is 11.1. The molecule has 0 radical (unpaired) electrons. The molecular weight excluding hydrogens is 643 g/mol. The van der Waals surface area contributed by atoms with Crippen LogP contribution in [0, 0.1) is 6.92 Å². The number of carbonyl (C=O) groups is 1. The van der Waals surface area contributed by atoms with E-state index in [1.54, 1.807) is 31.2 Å². The topological polar surface area (TPSA) is 299 Å². The Morgan fingerprint density at radius 1 is 1.19 bits per heavy atom. The lowest BCUT2D eigenvalue weighted by Gasteiger charge is -2.21. The van der Waals surface area contributed by atoms with E-state index in [4.69, 9.17) is 24.8 Å². The number of carbonyl (C=O) groups excluding carboxylic acids is 1. The zero-order chi connectivity index (χ0) is 32.2. The SMILES string of the molecule is Cc1cn([C@H]2C[C@@H](OC(=O)Cc3ccccc3C(C)N=[N+]=[N-])[C@@H](COP(=O)(O)OP(=O)(O)OP(=O)(O)O)O2)c(=O)[nH]c1=O. The first-order chi connectivity index (χ1) is 19.9. The summed E-state index contributed by atoms with van der Waals surface area (Å²) in [5.74, 6) is -0.830. The predicted molar refractivity (Wildman–Crippen MR) is 142 cm³/mol. The van der Waals surface area contributed by atoms with E-state index in [1.165, 1.54) is 13.1 Å². The number of H-pyrrole nitrogens is 1. The average molecular weight is 669 g/mol. The van der Waals surface area contributed by atoms with Crippen molar-refractivity contribution in [2.45, 2.75) is 51.2 Å². The third-order valence-electron chi connectivity index (χ3n) is 5.80. The fraction of sp³-hybridized carbons (Fsp3) is 0.450. The van der Waals surface area contributed by atoms with Gasteiger partial charge in [0.25, 0.3) is 5.56 Å². The number of azide groups is 1. The normalized spacial score (nSPS) is 22.1. The Hall–Kier alpha value is -2.95. The molecule has 1 fully saturated rings. The number of ether oxygens (including phenoxy) is 2. The lowest BCUT2D eigenvalue weighted by Crippen LogP contribution is -2.33. The van der Waals surface area contributed by atoms with E-state index in [-0.39, 0.29) is 18.4 Å². The van der Waals surface area contributed by atoms with Gasteiger partial charge in [0.15, 0.2) is 0 Å². The Morgan fingerprint density at radius 2 is 1.86 bits per heavy atom. The number of nitrogens with one attached hydrogen (secondary N) is 1. The molecule has 43 heavy (non-hydrogen) atoms. The van der Waals surface area contributed by atoms with Crippen molar-refractivity contribution in [3.05, 3.63) is 78.4 Å². The molecule has 1 aliphatic heterocycles. The highest BCUT2D eigenvalue weighted by Crippen LogP contribution is 2.66. The monoisotopic (exact) mass is 669 g/mol. The van der Waals surface area contributed by atoms with Crippen LogP contribution in [0.5, 0.6) is 0 Å². The highest BCUT2D eigenvalue weighted by molar-refractivity contribution is 7.66. The molecule has 3 rings (SSSR count). The number of aromatic nitrogens is 2. The molecule has 1 saturated heterocycles. The van der Waals surface area contributed by atoms with Gasteiger partial charge < -0.3 is 29.0 Å². The molecule has 0 aliphatic carbocycles. The summed E-state index contributed by atoms with van der Waals surface area (Å²) in [6.07, 6.45) is -3.28. The number of benzene rings is 1. The molecule has 236 valence electrons. The average Bonchev–Trinajstić information content (AvgIpc) is 3.25. The van der Waals surface area contributed by atoms with E-state index in [0.717, 1.165) is 4.57 Å². The van der Waals surface area contributed by atoms with Gasteiger partial charge in [-0.15, -0.1) is 0 Å². The van der Waals surface area contributed by atoms with Gasteiger partial charge >= 0.3 is 35.1 Å². The van der Waals surface area contributed by atoms with Crippen molar-refractivity contribution in [3.63, 3.8) is 0 Å². The number of rotatable bonds is 13. The van der Waals surface area contributed by atoms with E-state index in [1.807, 2.05) is 0 Å². The third kappa shape index (κ3) is 10.0. The molecule has 2 heterocycles. The molecule has 0 spiro atoms. The Morgan fingerprint density at radius 3 is 2.51 bits per heavy atom. The zero-order valence-corrected chi connectivity index (χ0v) is 24.9. The summed E-state index contributed by atoms with van der Waals surface area (Å²) >= 11 is 0. The number of hydrogen-bond donors (Lipinski definition) is 5. The summed E-state index contributed by atoms with van der Waals surface area (Å²) in [6.45, 7) is 2.05. The van der Waals surface area contributed by atoms with Gasteiger partial charge in [0.05, 0.1) is 19.1 Å². The van der Waals surface area contributed by atoms with Crippen molar-refractivity contribution in [1.29, 1.82) is 0 Å². The van der Waals surface area contributed by atoms with Crippen molar-refractivity contribution in [2.24, 2.45) is 5.11 Å². The Labute approximate surface area is 241 Å². The number of nitrogens with zero attached hydrogens (tertiary/aromatic N) is 4. The minimum absolute atomic E-state index is 0.124. The number of esters is 1. The van der Waals surface area contributed by atoms with Crippen LogP contribution in [0.25, 0.3) is 10.4 Å². The molecule has 20 nitrogen and oxygen atoms in total. The molecule has 6 atom stereocenters. The summed E-state index contributed by atoms with van der Waals surface area (Å²) in [4.78, 5) is 78.5. The molecule has 0 saturated carbocycles. The number of phosphoric ester groups is 1. The summed E-state index contributed by atoms with van der Waals surface area (Å²) < 4.78 is 58.9. The molecule has 1 aromatic heterocycles. The van der Waals surface area contributed by atoms with Crippen molar-refractivity contribution in [1.82, 2.24) is 9.55 Å². The lowest BCUT2D eigenvalue weighted by molar-refractivity contribution is -0.152. The van der Waals surface area contributed by atoms with Crippen LogP contribution in [0.2, 0.25) is 0 Å². The van der Waals surface area contributed by atoms with Crippen molar-refractivity contribution in [3.8, 4) is 0 Å². The van der Waals surface area contributed by atoms with Crippen LogP contribution in [-0.2, 0) is 47.5 Å². The first-order valence-corrected chi connectivity index (χ1v) is 16.5. The Balaban J connectivity index is 1.82. The van der Waals surface area contributed by atoms with Gasteiger partial charge in [0.1, 0.15) is 18.4 Å². The highest BCUT2D eigenvalue weighted by atomic mass is 31.3. The number of phosphoric acid groups is 3. The van der Waals surface area contributed by atoms with Gasteiger partial charge in [-0.2, -0.15) is 8.62 Å². The van der Waals surface area contributed by atoms with Crippen molar-refractivity contribution < 1.29 is 60.7 Å². The number of hydrogen-bond acceptors (Lipinski definition) is 12. The van der Waals surface area contributed by atoms with Crippen LogP contribution in [-0.4, -0.2) is 53.9 Å². The van der Waals surface area contributed by atoms with Crippen LogP contribution < -0.4 is 11.2 Å². The second-order valence-corrected chi connectivity index (χ2v) is 13.4. The van der Waals surface area contributed by atoms with Crippen LogP contribution >= 0.6 is 23.5 Å². The molecular formula is C20H26N5O15P3.